The number of nitrogens with zero attached hydrogens (tertiary/aromatic N) is 1. The van der Waals surface area contributed by atoms with Gasteiger partial charge >= 0.3 is 0 Å². The summed E-state index contributed by atoms with van der Waals surface area (Å²) in [4.78, 5) is 16.7. The van der Waals surface area contributed by atoms with Crippen LogP contribution in [0.25, 0.3) is 11.5 Å². The molecule has 0 radical (unpaired) electrons. The molecule has 2 heterocycles. The molecule has 23 heavy (non-hydrogen) atoms. The zero-order valence-corrected chi connectivity index (χ0v) is 14.2. The minimum absolute atomic E-state index is 0. The largest absolute Gasteiger partial charge is 0.444 e. The summed E-state index contributed by atoms with van der Waals surface area (Å²) in [6.07, 6.45) is 3.41. The standard InChI is InChI=1S/C17H21N3O2.ClH/c1-11-3-4-14(17-19-12(2)10-22-17)9-15(11)20-16(21)13-5-7-18-8-6-13;/h3-4,9-10,13,18H,5-8H2,1-2H3,(H,20,21);1H. The molecule has 3 rings (SSSR count). The molecule has 1 aliphatic rings. The molecule has 1 fully saturated rings. The fraction of sp³-hybridized carbons (Fsp3) is 0.412. The van der Waals surface area contributed by atoms with Crippen molar-refractivity contribution in [2.24, 2.45) is 5.92 Å². The number of anilines is 1. The molecule has 0 atom stereocenters. The van der Waals surface area contributed by atoms with Crippen LogP contribution in [0.2, 0.25) is 0 Å². The number of aromatic nitrogens is 1. The Morgan fingerprint density at radius 3 is 2.70 bits per heavy atom. The fourth-order valence-electron chi connectivity index (χ4n) is 2.70. The summed E-state index contributed by atoms with van der Waals surface area (Å²) in [6.45, 7) is 5.70. The summed E-state index contributed by atoms with van der Waals surface area (Å²) in [5.41, 5.74) is 3.58. The highest BCUT2D eigenvalue weighted by atomic mass is 35.5. The minimum atomic E-state index is 0. The number of hydrogen-bond acceptors (Lipinski definition) is 4. The summed E-state index contributed by atoms with van der Waals surface area (Å²) in [5, 5.41) is 6.34. The van der Waals surface area contributed by atoms with Gasteiger partial charge in [0.05, 0.1) is 5.69 Å². The van der Waals surface area contributed by atoms with Crippen LogP contribution in [0.3, 0.4) is 0 Å². The second-order valence-corrected chi connectivity index (χ2v) is 5.84. The average Bonchev–Trinajstić information content (AvgIpc) is 2.97. The molecule has 5 nitrogen and oxygen atoms in total. The van der Waals surface area contributed by atoms with E-state index in [0.29, 0.717) is 5.89 Å². The Bertz CT molecular complexity index is 678. The number of carbonyl (C=O) groups excluding carboxylic acids is 1. The molecule has 1 aliphatic heterocycles. The van der Waals surface area contributed by atoms with Crippen LogP contribution in [0.1, 0.15) is 24.1 Å². The van der Waals surface area contributed by atoms with Crippen molar-refractivity contribution >= 4 is 24.0 Å². The monoisotopic (exact) mass is 335 g/mol. The van der Waals surface area contributed by atoms with Crippen LogP contribution >= 0.6 is 12.4 Å². The van der Waals surface area contributed by atoms with Gasteiger partial charge in [0.25, 0.3) is 0 Å². The normalized spacial score (nSPS) is 15.0. The van der Waals surface area contributed by atoms with E-state index in [1.54, 1.807) is 6.26 Å². The number of aryl methyl sites for hydroxylation is 2. The number of piperidine rings is 1. The average molecular weight is 336 g/mol. The zero-order valence-electron chi connectivity index (χ0n) is 13.4. The summed E-state index contributed by atoms with van der Waals surface area (Å²) in [6, 6.07) is 5.87. The van der Waals surface area contributed by atoms with E-state index in [-0.39, 0.29) is 24.2 Å². The molecule has 2 aromatic rings. The third kappa shape index (κ3) is 4.12. The van der Waals surface area contributed by atoms with Crippen molar-refractivity contribution in [3.8, 4) is 11.5 Å². The van der Waals surface area contributed by atoms with Crippen molar-refractivity contribution in [2.75, 3.05) is 18.4 Å². The molecule has 0 bridgehead atoms. The maximum absolute atomic E-state index is 12.4. The van der Waals surface area contributed by atoms with E-state index in [4.69, 9.17) is 4.42 Å². The first-order chi connectivity index (χ1) is 10.6. The number of hydrogen-bond donors (Lipinski definition) is 2. The Kier molecular flexibility index (Phi) is 5.80. The van der Waals surface area contributed by atoms with Crippen LogP contribution in [-0.2, 0) is 4.79 Å². The molecule has 1 aromatic heterocycles. The van der Waals surface area contributed by atoms with E-state index in [1.807, 2.05) is 32.0 Å². The van der Waals surface area contributed by atoms with E-state index in [2.05, 4.69) is 15.6 Å². The third-order valence-corrected chi connectivity index (χ3v) is 4.07. The number of amides is 1. The molecule has 1 saturated heterocycles. The molecule has 0 saturated carbocycles. The quantitative estimate of drug-likeness (QED) is 0.903. The van der Waals surface area contributed by atoms with Crippen molar-refractivity contribution in [3.05, 3.63) is 35.7 Å². The van der Waals surface area contributed by atoms with E-state index in [0.717, 1.165) is 48.4 Å². The van der Waals surface area contributed by atoms with Gasteiger partial charge in [0.15, 0.2) is 0 Å². The van der Waals surface area contributed by atoms with Gasteiger partial charge in [0, 0.05) is 17.2 Å². The van der Waals surface area contributed by atoms with Crippen molar-refractivity contribution in [1.29, 1.82) is 0 Å². The van der Waals surface area contributed by atoms with Crippen molar-refractivity contribution in [3.63, 3.8) is 0 Å². The Balaban J connectivity index is 0.00000192. The first kappa shape index (κ1) is 17.5. The topological polar surface area (TPSA) is 67.2 Å². The molecular weight excluding hydrogens is 314 g/mol. The Labute approximate surface area is 142 Å². The summed E-state index contributed by atoms with van der Waals surface area (Å²) >= 11 is 0. The van der Waals surface area contributed by atoms with Crippen LogP contribution in [0.15, 0.2) is 28.9 Å². The van der Waals surface area contributed by atoms with Gasteiger partial charge < -0.3 is 15.1 Å². The van der Waals surface area contributed by atoms with Crippen molar-refractivity contribution < 1.29 is 9.21 Å². The van der Waals surface area contributed by atoms with E-state index < -0.39 is 0 Å². The van der Waals surface area contributed by atoms with Crippen molar-refractivity contribution in [1.82, 2.24) is 10.3 Å². The summed E-state index contributed by atoms with van der Waals surface area (Å²) < 4.78 is 5.43. The Morgan fingerprint density at radius 2 is 2.04 bits per heavy atom. The number of benzene rings is 1. The summed E-state index contributed by atoms with van der Waals surface area (Å²) in [5.74, 6) is 0.772. The van der Waals surface area contributed by atoms with Crippen LogP contribution in [0.5, 0.6) is 0 Å². The second-order valence-electron chi connectivity index (χ2n) is 5.84. The Morgan fingerprint density at radius 1 is 1.30 bits per heavy atom. The lowest BCUT2D eigenvalue weighted by Gasteiger charge is -2.22. The predicted octanol–water partition coefficient (Wildman–Crippen LogP) is 3.32. The van der Waals surface area contributed by atoms with Crippen molar-refractivity contribution in [2.45, 2.75) is 26.7 Å². The van der Waals surface area contributed by atoms with E-state index in [1.165, 1.54) is 0 Å². The molecule has 1 aromatic carbocycles. The maximum Gasteiger partial charge on any atom is 0.227 e. The molecule has 2 N–H and O–H groups in total. The molecule has 0 unspecified atom stereocenters. The van der Waals surface area contributed by atoms with Gasteiger partial charge in [-0.05, 0) is 57.5 Å². The maximum atomic E-state index is 12.4. The van der Waals surface area contributed by atoms with Gasteiger partial charge in [-0.2, -0.15) is 0 Å². The lowest BCUT2D eigenvalue weighted by atomic mass is 9.97. The smallest absolute Gasteiger partial charge is 0.227 e. The van der Waals surface area contributed by atoms with Crippen LogP contribution in [0, 0.1) is 19.8 Å². The highest BCUT2D eigenvalue weighted by Crippen LogP contribution is 2.26. The van der Waals surface area contributed by atoms with E-state index in [9.17, 15) is 4.79 Å². The summed E-state index contributed by atoms with van der Waals surface area (Å²) in [7, 11) is 0. The Hall–Kier alpha value is -1.85. The minimum Gasteiger partial charge on any atom is -0.444 e. The van der Waals surface area contributed by atoms with Crippen LogP contribution < -0.4 is 10.6 Å². The van der Waals surface area contributed by atoms with Crippen LogP contribution in [-0.4, -0.2) is 24.0 Å². The van der Waals surface area contributed by atoms with Gasteiger partial charge in [-0.1, -0.05) is 6.07 Å². The highest BCUT2D eigenvalue weighted by molar-refractivity contribution is 5.94. The van der Waals surface area contributed by atoms with Gasteiger partial charge in [-0.15, -0.1) is 12.4 Å². The predicted molar refractivity (Wildman–Crippen MR) is 92.9 cm³/mol. The fourth-order valence-corrected chi connectivity index (χ4v) is 2.70. The highest BCUT2D eigenvalue weighted by Gasteiger charge is 2.21. The number of carbonyl (C=O) groups is 1. The molecule has 124 valence electrons. The van der Waals surface area contributed by atoms with Gasteiger partial charge in [0.2, 0.25) is 11.8 Å². The molecule has 1 amide bonds. The van der Waals surface area contributed by atoms with Crippen LogP contribution in [0.4, 0.5) is 5.69 Å². The molecule has 6 heteroatoms. The number of halogens is 1. The lowest BCUT2D eigenvalue weighted by molar-refractivity contribution is -0.120. The first-order valence-electron chi connectivity index (χ1n) is 7.68. The zero-order chi connectivity index (χ0) is 15.5. The van der Waals surface area contributed by atoms with Gasteiger partial charge in [-0.3, -0.25) is 4.79 Å². The SMILES string of the molecule is Cc1coc(-c2ccc(C)c(NC(=O)C3CCNCC3)c2)n1.Cl. The van der Waals surface area contributed by atoms with Gasteiger partial charge in [0.1, 0.15) is 6.26 Å². The van der Waals surface area contributed by atoms with Gasteiger partial charge in [-0.25, -0.2) is 4.98 Å². The van der Waals surface area contributed by atoms with E-state index >= 15 is 0 Å². The number of oxazole rings is 1. The molecule has 0 aliphatic carbocycles. The molecular formula is C17H22ClN3O2. The number of rotatable bonds is 3. The second kappa shape index (κ2) is 7.62. The number of nitrogens with one attached hydrogen (secondary N) is 2. The molecule has 0 spiro atoms. The first-order valence-corrected chi connectivity index (χ1v) is 7.68. The lowest BCUT2D eigenvalue weighted by Crippen LogP contribution is -2.34. The third-order valence-electron chi connectivity index (χ3n) is 4.07.